The molecule has 0 unspecified atom stereocenters. The van der Waals surface area contributed by atoms with Crippen molar-refractivity contribution >= 4 is 22.6 Å². The fourth-order valence-corrected chi connectivity index (χ4v) is 3.63. The van der Waals surface area contributed by atoms with Crippen molar-refractivity contribution in [1.82, 2.24) is 24.3 Å². The van der Waals surface area contributed by atoms with Crippen molar-refractivity contribution in [2.24, 2.45) is 7.05 Å². The van der Waals surface area contributed by atoms with E-state index >= 15 is 0 Å². The third kappa shape index (κ3) is 3.23. The van der Waals surface area contributed by atoms with Crippen molar-refractivity contribution in [3.05, 3.63) is 84.0 Å². The van der Waals surface area contributed by atoms with Gasteiger partial charge in [-0.3, -0.25) is 9.25 Å². The minimum Gasteiger partial charge on any atom is -0.283 e. The first-order chi connectivity index (χ1) is 14.5. The Morgan fingerprint density at radius 2 is 1.80 bits per heavy atom. The largest absolute Gasteiger partial charge is 0.283 e. The van der Waals surface area contributed by atoms with E-state index in [-0.39, 0.29) is 10.7 Å². The van der Waals surface area contributed by atoms with Crippen molar-refractivity contribution in [1.29, 1.82) is 0 Å². The number of hydrogen-bond acceptors (Lipinski definition) is 3. The van der Waals surface area contributed by atoms with Gasteiger partial charge in [-0.05, 0) is 47.5 Å². The van der Waals surface area contributed by atoms with Crippen LogP contribution in [0.5, 0.6) is 0 Å². The first-order valence-corrected chi connectivity index (χ1v) is 9.45. The van der Waals surface area contributed by atoms with Gasteiger partial charge in [0.15, 0.2) is 0 Å². The summed E-state index contributed by atoms with van der Waals surface area (Å²) in [5.74, 6) is -0.820. The van der Waals surface area contributed by atoms with Crippen LogP contribution in [0.25, 0.3) is 39.1 Å². The molecule has 8 heteroatoms. The maximum atomic E-state index is 14.3. The number of imidazole rings is 1. The fraction of sp³-hybridized carbons (Fsp3) is 0.0455. The quantitative estimate of drug-likeness (QED) is 0.365. The van der Waals surface area contributed by atoms with E-state index in [4.69, 9.17) is 11.6 Å². The molecular weight excluding hydrogens is 408 g/mol. The number of aryl methyl sites for hydroxylation is 1. The SMILES string of the molecule is Cn1cc(-c2ccc3c(c2)ncn3-c2cc(-c3ccc(F)cc3F)cc(Cl)n2)cn1. The van der Waals surface area contributed by atoms with Gasteiger partial charge in [0.1, 0.15) is 28.9 Å². The van der Waals surface area contributed by atoms with E-state index in [9.17, 15) is 8.78 Å². The molecule has 2 aromatic carbocycles. The summed E-state index contributed by atoms with van der Waals surface area (Å²) in [6.45, 7) is 0. The fourth-order valence-electron chi connectivity index (χ4n) is 3.43. The minimum atomic E-state index is -0.667. The zero-order chi connectivity index (χ0) is 20.8. The highest BCUT2D eigenvalue weighted by molar-refractivity contribution is 6.29. The summed E-state index contributed by atoms with van der Waals surface area (Å²) in [6.07, 6.45) is 5.36. The van der Waals surface area contributed by atoms with Crippen LogP contribution in [-0.2, 0) is 7.05 Å². The van der Waals surface area contributed by atoms with E-state index in [1.54, 1.807) is 33.9 Å². The minimum absolute atomic E-state index is 0.194. The Labute approximate surface area is 175 Å². The molecule has 5 rings (SSSR count). The van der Waals surface area contributed by atoms with Crippen LogP contribution in [0, 0.1) is 11.6 Å². The van der Waals surface area contributed by atoms with Crippen molar-refractivity contribution in [3.63, 3.8) is 0 Å². The molecule has 0 saturated carbocycles. The lowest BCUT2D eigenvalue weighted by atomic mass is 10.1. The standard InChI is InChI=1S/C22H14ClF2N5/c1-29-11-15(10-27-29)13-2-5-20-19(6-13)26-12-30(20)22-8-14(7-21(23)28-22)17-4-3-16(24)9-18(17)25/h2-12H,1H3. The molecule has 0 aliphatic rings. The molecule has 0 spiro atoms. The third-order valence-corrected chi connectivity index (χ3v) is 5.05. The zero-order valence-electron chi connectivity index (χ0n) is 15.7. The lowest BCUT2D eigenvalue weighted by Gasteiger charge is -2.09. The molecule has 0 aliphatic carbocycles. The molecule has 3 aromatic heterocycles. The maximum Gasteiger partial charge on any atom is 0.140 e. The first kappa shape index (κ1) is 18.4. The van der Waals surface area contributed by atoms with Crippen molar-refractivity contribution in [2.45, 2.75) is 0 Å². The van der Waals surface area contributed by atoms with Gasteiger partial charge >= 0.3 is 0 Å². The smallest absolute Gasteiger partial charge is 0.140 e. The molecule has 5 aromatic rings. The van der Waals surface area contributed by atoms with Crippen LogP contribution >= 0.6 is 11.6 Å². The van der Waals surface area contributed by atoms with Gasteiger partial charge in [0.05, 0.1) is 17.2 Å². The van der Waals surface area contributed by atoms with Crippen LogP contribution in [0.2, 0.25) is 5.15 Å². The Balaban J connectivity index is 1.61. The predicted molar refractivity (Wildman–Crippen MR) is 111 cm³/mol. The van der Waals surface area contributed by atoms with Crippen LogP contribution in [0.1, 0.15) is 0 Å². The van der Waals surface area contributed by atoms with Gasteiger partial charge in [-0.15, -0.1) is 0 Å². The van der Waals surface area contributed by atoms with Gasteiger partial charge in [-0.1, -0.05) is 17.7 Å². The highest BCUT2D eigenvalue weighted by Crippen LogP contribution is 2.29. The van der Waals surface area contributed by atoms with E-state index < -0.39 is 11.6 Å². The molecule has 148 valence electrons. The first-order valence-electron chi connectivity index (χ1n) is 9.07. The summed E-state index contributed by atoms with van der Waals surface area (Å²) >= 11 is 6.21. The summed E-state index contributed by atoms with van der Waals surface area (Å²) < 4.78 is 31.1. The van der Waals surface area contributed by atoms with Gasteiger partial charge in [0, 0.05) is 30.4 Å². The molecule has 0 fully saturated rings. The summed E-state index contributed by atoms with van der Waals surface area (Å²) in [4.78, 5) is 8.84. The molecule has 0 radical (unpaired) electrons. The Bertz CT molecular complexity index is 1410. The highest BCUT2D eigenvalue weighted by atomic mass is 35.5. The number of fused-ring (bicyclic) bond motifs is 1. The van der Waals surface area contributed by atoms with Crippen LogP contribution in [0.15, 0.2) is 67.3 Å². The number of hydrogen-bond donors (Lipinski definition) is 0. The van der Waals surface area contributed by atoms with E-state index in [1.165, 1.54) is 12.1 Å². The Kier molecular flexibility index (Phi) is 4.33. The van der Waals surface area contributed by atoms with Gasteiger partial charge < -0.3 is 0 Å². The molecule has 30 heavy (non-hydrogen) atoms. The number of benzene rings is 2. The topological polar surface area (TPSA) is 48.5 Å². The predicted octanol–water partition coefficient (Wildman–Crippen LogP) is 5.42. The summed E-state index contributed by atoms with van der Waals surface area (Å²) in [7, 11) is 1.86. The van der Waals surface area contributed by atoms with E-state index in [0.717, 1.165) is 28.2 Å². The van der Waals surface area contributed by atoms with Gasteiger partial charge in [0.2, 0.25) is 0 Å². The van der Waals surface area contributed by atoms with Crippen LogP contribution in [-0.4, -0.2) is 24.3 Å². The molecule has 0 amide bonds. The lowest BCUT2D eigenvalue weighted by Crippen LogP contribution is -1.98. The van der Waals surface area contributed by atoms with Gasteiger partial charge in [-0.25, -0.2) is 18.7 Å². The summed E-state index contributed by atoms with van der Waals surface area (Å²) in [6, 6.07) is 12.5. The number of pyridine rings is 1. The average molecular weight is 422 g/mol. The number of nitrogens with zero attached hydrogens (tertiary/aromatic N) is 5. The number of rotatable bonds is 3. The van der Waals surface area contributed by atoms with E-state index in [1.807, 2.05) is 31.4 Å². The average Bonchev–Trinajstić information content (AvgIpc) is 3.33. The number of aromatic nitrogens is 5. The Morgan fingerprint density at radius 3 is 2.57 bits per heavy atom. The van der Waals surface area contributed by atoms with E-state index in [2.05, 4.69) is 15.1 Å². The molecule has 0 saturated heterocycles. The number of halogens is 3. The molecule has 0 atom stereocenters. The van der Waals surface area contributed by atoms with Crippen molar-refractivity contribution < 1.29 is 8.78 Å². The normalized spacial score (nSPS) is 11.3. The second-order valence-electron chi connectivity index (χ2n) is 6.88. The monoisotopic (exact) mass is 421 g/mol. The van der Waals surface area contributed by atoms with Crippen LogP contribution in [0.3, 0.4) is 0 Å². The van der Waals surface area contributed by atoms with Crippen LogP contribution < -0.4 is 0 Å². The zero-order valence-corrected chi connectivity index (χ0v) is 16.5. The molecule has 0 bridgehead atoms. The van der Waals surface area contributed by atoms with Crippen molar-refractivity contribution in [2.75, 3.05) is 0 Å². The summed E-state index contributed by atoms with van der Waals surface area (Å²) in [5.41, 5.74) is 4.31. The Morgan fingerprint density at radius 1 is 0.933 bits per heavy atom. The molecule has 3 heterocycles. The Hall–Kier alpha value is -3.58. The maximum absolute atomic E-state index is 14.3. The summed E-state index contributed by atoms with van der Waals surface area (Å²) in [5, 5.41) is 4.39. The lowest BCUT2D eigenvalue weighted by molar-refractivity contribution is 0.585. The molecule has 5 nitrogen and oxygen atoms in total. The van der Waals surface area contributed by atoms with Crippen molar-refractivity contribution in [3.8, 4) is 28.1 Å². The van der Waals surface area contributed by atoms with E-state index in [0.29, 0.717) is 11.4 Å². The molecule has 0 aliphatic heterocycles. The van der Waals surface area contributed by atoms with Crippen LogP contribution in [0.4, 0.5) is 8.78 Å². The van der Waals surface area contributed by atoms with Gasteiger partial charge in [0.25, 0.3) is 0 Å². The second kappa shape index (κ2) is 7.03. The van der Waals surface area contributed by atoms with Gasteiger partial charge in [-0.2, -0.15) is 5.10 Å². The highest BCUT2D eigenvalue weighted by Gasteiger charge is 2.13. The second-order valence-corrected chi connectivity index (χ2v) is 7.27. The third-order valence-electron chi connectivity index (χ3n) is 4.85. The molecular formula is C22H14ClF2N5. The molecule has 0 N–H and O–H groups in total.